The zero-order valence-electron chi connectivity index (χ0n) is 10.7. The molecule has 2 amide bonds. The molecule has 0 saturated carbocycles. The molecule has 0 aliphatic heterocycles. The fourth-order valence-corrected chi connectivity index (χ4v) is 1.29. The van der Waals surface area contributed by atoms with Crippen molar-refractivity contribution in [1.82, 2.24) is 10.6 Å². The van der Waals surface area contributed by atoms with Crippen molar-refractivity contribution in [3.05, 3.63) is 0 Å². The Kier molecular flexibility index (Phi) is 6.57. The van der Waals surface area contributed by atoms with E-state index >= 15 is 0 Å². The molecule has 0 aromatic rings. The number of hydrogen-bond acceptors (Lipinski definition) is 3. The highest BCUT2D eigenvalue weighted by Crippen LogP contribution is 2.02. The number of hydrogen-bond donors (Lipinski definition) is 4. The molecular weight excluding hydrogens is 222 g/mol. The van der Waals surface area contributed by atoms with Crippen LogP contribution in [0, 0.1) is 0 Å². The summed E-state index contributed by atoms with van der Waals surface area (Å²) in [6.45, 7) is 6.02. The molecule has 0 bridgehead atoms. The number of urea groups is 1. The van der Waals surface area contributed by atoms with Crippen LogP contribution >= 0.6 is 0 Å². The highest BCUT2D eigenvalue weighted by molar-refractivity contribution is 5.82. The first-order valence-electron chi connectivity index (χ1n) is 5.78. The van der Waals surface area contributed by atoms with Crippen LogP contribution in [0.25, 0.3) is 0 Å². The minimum atomic E-state index is -1.02. The quantitative estimate of drug-likeness (QED) is 0.516. The van der Waals surface area contributed by atoms with Crippen molar-refractivity contribution in [2.45, 2.75) is 51.6 Å². The first kappa shape index (κ1) is 15.7. The summed E-state index contributed by atoms with van der Waals surface area (Å²) in [5, 5.41) is 14.0. The molecular formula is C11H23N3O3. The van der Waals surface area contributed by atoms with E-state index in [1.807, 2.05) is 20.8 Å². The molecule has 0 aromatic heterocycles. The first-order valence-corrected chi connectivity index (χ1v) is 5.78. The fourth-order valence-electron chi connectivity index (χ4n) is 1.29. The lowest BCUT2D eigenvalue weighted by molar-refractivity contribution is -0.139. The summed E-state index contributed by atoms with van der Waals surface area (Å²) in [5.74, 6) is -1.02. The van der Waals surface area contributed by atoms with Crippen LogP contribution in [0.4, 0.5) is 4.79 Å². The Labute approximate surface area is 102 Å². The number of aliphatic carboxylic acids is 1. The van der Waals surface area contributed by atoms with E-state index in [1.165, 1.54) is 0 Å². The zero-order valence-corrected chi connectivity index (χ0v) is 10.7. The van der Waals surface area contributed by atoms with Crippen molar-refractivity contribution in [1.29, 1.82) is 0 Å². The maximum atomic E-state index is 11.5. The Balaban J connectivity index is 4.16. The minimum absolute atomic E-state index is 0.385. The molecule has 1 atom stereocenters. The number of carbonyl (C=O) groups is 2. The highest BCUT2D eigenvalue weighted by Gasteiger charge is 2.21. The second-order valence-electron chi connectivity index (χ2n) is 5.02. The molecule has 0 spiro atoms. The van der Waals surface area contributed by atoms with Gasteiger partial charge in [0.1, 0.15) is 6.04 Å². The fraction of sp³-hybridized carbons (Fsp3) is 0.818. The second kappa shape index (κ2) is 7.11. The SMILES string of the molecule is CC(C)(C)NC(=O)N[C@@H](CCCCN)C(=O)O. The Hall–Kier alpha value is -1.30. The maximum Gasteiger partial charge on any atom is 0.326 e. The van der Waals surface area contributed by atoms with E-state index in [9.17, 15) is 9.59 Å². The second-order valence-corrected chi connectivity index (χ2v) is 5.02. The molecule has 0 unspecified atom stereocenters. The van der Waals surface area contributed by atoms with E-state index in [-0.39, 0.29) is 5.54 Å². The van der Waals surface area contributed by atoms with Gasteiger partial charge in [0.2, 0.25) is 0 Å². The summed E-state index contributed by atoms with van der Waals surface area (Å²) >= 11 is 0. The third-order valence-corrected chi connectivity index (χ3v) is 2.04. The molecule has 6 heteroatoms. The van der Waals surface area contributed by atoms with Gasteiger partial charge in [-0.1, -0.05) is 0 Å². The Morgan fingerprint density at radius 1 is 1.29 bits per heavy atom. The van der Waals surface area contributed by atoms with Gasteiger partial charge >= 0.3 is 12.0 Å². The van der Waals surface area contributed by atoms with Crippen LogP contribution in [0.2, 0.25) is 0 Å². The molecule has 0 aromatic carbocycles. The largest absolute Gasteiger partial charge is 0.480 e. The lowest BCUT2D eigenvalue weighted by Gasteiger charge is -2.22. The van der Waals surface area contributed by atoms with Crippen molar-refractivity contribution >= 4 is 12.0 Å². The summed E-state index contributed by atoms with van der Waals surface area (Å²) in [7, 11) is 0. The Bertz CT molecular complexity index is 261. The van der Waals surface area contributed by atoms with Crippen molar-refractivity contribution in [2.24, 2.45) is 5.73 Å². The van der Waals surface area contributed by atoms with Crippen LogP contribution in [0.5, 0.6) is 0 Å². The standard InChI is InChI=1S/C11H23N3O3/c1-11(2,3)14-10(17)13-8(9(15)16)6-4-5-7-12/h8H,4-7,12H2,1-3H3,(H,15,16)(H2,13,14,17)/t8-/m0/s1. The number of carbonyl (C=O) groups excluding carboxylic acids is 1. The lowest BCUT2D eigenvalue weighted by Crippen LogP contribution is -2.51. The maximum absolute atomic E-state index is 11.5. The minimum Gasteiger partial charge on any atom is -0.480 e. The van der Waals surface area contributed by atoms with E-state index < -0.39 is 18.0 Å². The van der Waals surface area contributed by atoms with Gasteiger partial charge in [0, 0.05) is 5.54 Å². The van der Waals surface area contributed by atoms with Crippen LogP contribution in [-0.2, 0) is 4.79 Å². The highest BCUT2D eigenvalue weighted by atomic mass is 16.4. The van der Waals surface area contributed by atoms with Gasteiger partial charge in [0.25, 0.3) is 0 Å². The summed E-state index contributed by atoms with van der Waals surface area (Å²) in [6.07, 6.45) is 1.83. The van der Waals surface area contributed by atoms with E-state index in [2.05, 4.69) is 10.6 Å². The number of nitrogens with one attached hydrogen (secondary N) is 2. The van der Waals surface area contributed by atoms with Crippen molar-refractivity contribution in [3.8, 4) is 0 Å². The topological polar surface area (TPSA) is 104 Å². The zero-order chi connectivity index (χ0) is 13.5. The molecule has 0 aliphatic rings. The van der Waals surface area contributed by atoms with E-state index in [4.69, 9.17) is 10.8 Å². The van der Waals surface area contributed by atoms with Gasteiger partial charge < -0.3 is 21.5 Å². The molecule has 0 heterocycles. The van der Waals surface area contributed by atoms with Gasteiger partial charge in [-0.25, -0.2) is 9.59 Å². The van der Waals surface area contributed by atoms with Crippen molar-refractivity contribution < 1.29 is 14.7 Å². The molecule has 5 N–H and O–H groups in total. The smallest absolute Gasteiger partial charge is 0.326 e. The average Bonchev–Trinajstić information content (AvgIpc) is 2.13. The van der Waals surface area contributed by atoms with Crippen LogP contribution < -0.4 is 16.4 Å². The van der Waals surface area contributed by atoms with Crippen LogP contribution in [0.3, 0.4) is 0 Å². The number of nitrogens with two attached hydrogens (primary N) is 1. The first-order chi connectivity index (χ1) is 7.76. The van der Waals surface area contributed by atoms with Crippen molar-refractivity contribution in [2.75, 3.05) is 6.54 Å². The van der Waals surface area contributed by atoms with Gasteiger partial charge in [0.15, 0.2) is 0 Å². The molecule has 0 radical (unpaired) electrons. The molecule has 17 heavy (non-hydrogen) atoms. The molecule has 0 saturated heterocycles. The Morgan fingerprint density at radius 2 is 1.88 bits per heavy atom. The molecule has 6 nitrogen and oxygen atoms in total. The summed E-state index contributed by atoms with van der Waals surface area (Å²) < 4.78 is 0. The van der Waals surface area contributed by atoms with E-state index in [0.717, 1.165) is 6.42 Å². The predicted molar refractivity (Wildman–Crippen MR) is 65.7 cm³/mol. The number of rotatable bonds is 6. The van der Waals surface area contributed by atoms with E-state index in [1.54, 1.807) is 0 Å². The molecule has 100 valence electrons. The molecule has 0 aliphatic carbocycles. The van der Waals surface area contributed by atoms with Gasteiger partial charge in [-0.2, -0.15) is 0 Å². The van der Waals surface area contributed by atoms with E-state index in [0.29, 0.717) is 19.4 Å². The normalized spacial score (nSPS) is 12.9. The summed E-state index contributed by atoms with van der Waals surface area (Å²) in [4.78, 5) is 22.4. The third-order valence-electron chi connectivity index (χ3n) is 2.04. The van der Waals surface area contributed by atoms with Crippen LogP contribution in [0.15, 0.2) is 0 Å². The molecule has 0 rings (SSSR count). The number of amides is 2. The Morgan fingerprint density at radius 3 is 2.29 bits per heavy atom. The average molecular weight is 245 g/mol. The summed E-state index contributed by atoms with van der Waals surface area (Å²) in [6, 6.07) is -1.32. The summed E-state index contributed by atoms with van der Waals surface area (Å²) in [5.41, 5.74) is 4.94. The van der Waals surface area contributed by atoms with Gasteiger partial charge in [-0.05, 0) is 46.6 Å². The van der Waals surface area contributed by atoms with Gasteiger partial charge in [-0.3, -0.25) is 0 Å². The van der Waals surface area contributed by atoms with Gasteiger partial charge in [0.05, 0.1) is 0 Å². The van der Waals surface area contributed by atoms with Gasteiger partial charge in [-0.15, -0.1) is 0 Å². The number of unbranched alkanes of at least 4 members (excludes halogenated alkanes) is 1. The lowest BCUT2D eigenvalue weighted by atomic mass is 10.1. The number of carboxylic acid groups (broad SMARTS) is 1. The van der Waals surface area contributed by atoms with Crippen molar-refractivity contribution in [3.63, 3.8) is 0 Å². The number of carboxylic acids is 1. The molecule has 0 fully saturated rings. The monoisotopic (exact) mass is 245 g/mol. The van der Waals surface area contributed by atoms with Crippen LogP contribution in [-0.4, -0.2) is 35.2 Å². The predicted octanol–water partition coefficient (Wildman–Crippen LogP) is 0.666. The third kappa shape index (κ3) is 8.50. The van der Waals surface area contributed by atoms with Crippen LogP contribution in [0.1, 0.15) is 40.0 Å².